The van der Waals surface area contributed by atoms with Gasteiger partial charge in [-0.1, -0.05) is 12.1 Å². The lowest BCUT2D eigenvalue weighted by atomic mass is 10.1. The van der Waals surface area contributed by atoms with Crippen LogP contribution in [0.5, 0.6) is 0 Å². The average Bonchev–Trinajstić information content (AvgIpc) is 2.64. The molecule has 1 heterocycles. The second kappa shape index (κ2) is 4.00. The van der Waals surface area contributed by atoms with E-state index in [1.165, 1.54) is 6.26 Å². The SMILES string of the molecule is Cc1ccc(-c2cnn(C)c2)cc1S(C)(=O)=O. The fourth-order valence-corrected chi connectivity index (χ4v) is 2.74. The standard InChI is InChI=1S/C12H14N2O2S/c1-9-4-5-10(6-12(9)17(3,15)16)11-7-13-14(2)8-11/h4-8H,1-3H3. The fraction of sp³-hybridized carbons (Fsp3) is 0.250. The van der Waals surface area contributed by atoms with Crippen LogP contribution in [0.4, 0.5) is 0 Å². The zero-order chi connectivity index (χ0) is 12.6. The van der Waals surface area contributed by atoms with Crippen LogP contribution in [-0.2, 0) is 16.9 Å². The van der Waals surface area contributed by atoms with E-state index >= 15 is 0 Å². The molecule has 0 fully saturated rings. The Balaban J connectivity index is 2.59. The Morgan fingerprint density at radius 1 is 1.24 bits per heavy atom. The van der Waals surface area contributed by atoms with Gasteiger partial charge in [0.05, 0.1) is 11.1 Å². The van der Waals surface area contributed by atoms with E-state index in [4.69, 9.17) is 0 Å². The van der Waals surface area contributed by atoms with Gasteiger partial charge in [-0.05, 0) is 24.1 Å². The lowest BCUT2D eigenvalue weighted by molar-refractivity contribution is 0.601. The highest BCUT2D eigenvalue weighted by Crippen LogP contribution is 2.24. The third kappa shape index (κ3) is 2.39. The molecule has 0 aliphatic heterocycles. The monoisotopic (exact) mass is 250 g/mol. The Labute approximate surface area is 101 Å². The van der Waals surface area contributed by atoms with Crippen molar-refractivity contribution in [1.82, 2.24) is 9.78 Å². The fourth-order valence-electron chi connectivity index (χ4n) is 1.75. The number of hydrogen-bond donors (Lipinski definition) is 0. The summed E-state index contributed by atoms with van der Waals surface area (Å²) >= 11 is 0. The van der Waals surface area contributed by atoms with Gasteiger partial charge < -0.3 is 0 Å². The van der Waals surface area contributed by atoms with Crippen LogP contribution in [-0.4, -0.2) is 24.5 Å². The van der Waals surface area contributed by atoms with E-state index in [-0.39, 0.29) is 0 Å². The number of aromatic nitrogens is 2. The number of aryl methyl sites for hydroxylation is 2. The second-order valence-electron chi connectivity index (χ2n) is 4.16. The minimum Gasteiger partial charge on any atom is -0.275 e. The molecule has 0 atom stereocenters. The van der Waals surface area contributed by atoms with Crippen LogP contribution in [0.1, 0.15) is 5.56 Å². The molecule has 0 N–H and O–H groups in total. The first-order valence-corrected chi connectivity index (χ1v) is 7.07. The van der Waals surface area contributed by atoms with Crippen molar-refractivity contribution >= 4 is 9.84 Å². The third-order valence-corrected chi connectivity index (χ3v) is 3.86. The van der Waals surface area contributed by atoms with Gasteiger partial charge in [-0.3, -0.25) is 4.68 Å². The predicted molar refractivity (Wildman–Crippen MR) is 66.5 cm³/mol. The molecule has 1 aromatic carbocycles. The van der Waals surface area contributed by atoms with Gasteiger partial charge in [0.15, 0.2) is 9.84 Å². The lowest BCUT2D eigenvalue weighted by Gasteiger charge is -2.05. The van der Waals surface area contributed by atoms with Crippen molar-refractivity contribution in [3.8, 4) is 11.1 Å². The predicted octanol–water partition coefficient (Wildman–Crippen LogP) is 1.80. The first kappa shape index (κ1) is 11.9. The van der Waals surface area contributed by atoms with E-state index in [9.17, 15) is 8.42 Å². The Hall–Kier alpha value is -1.62. The van der Waals surface area contributed by atoms with Crippen LogP contribution >= 0.6 is 0 Å². The number of rotatable bonds is 2. The van der Waals surface area contributed by atoms with E-state index in [0.29, 0.717) is 4.90 Å². The summed E-state index contributed by atoms with van der Waals surface area (Å²) in [4.78, 5) is 0.374. The molecule has 0 radical (unpaired) electrons. The maximum Gasteiger partial charge on any atom is 0.175 e. The molecule has 2 aromatic rings. The summed E-state index contributed by atoms with van der Waals surface area (Å²) in [6.45, 7) is 1.80. The molecule has 2 rings (SSSR count). The Bertz CT molecular complexity index is 657. The number of nitrogens with zero attached hydrogens (tertiary/aromatic N) is 2. The van der Waals surface area contributed by atoms with E-state index < -0.39 is 9.84 Å². The summed E-state index contributed by atoms with van der Waals surface area (Å²) in [5, 5.41) is 4.07. The Kier molecular flexibility index (Phi) is 2.79. The summed E-state index contributed by atoms with van der Waals surface area (Å²) < 4.78 is 24.9. The van der Waals surface area contributed by atoms with Crippen LogP contribution in [0.2, 0.25) is 0 Å². The van der Waals surface area contributed by atoms with E-state index in [2.05, 4.69) is 5.10 Å². The zero-order valence-electron chi connectivity index (χ0n) is 10.0. The van der Waals surface area contributed by atoms with Gasteiger partial charge in [-0.15, -0.1) is 0 Å². The van der Waals surface area contributed by atoms with Gasteiger partial charge in [0.25, 0.3) is 0 Å². The van der Waals surface area contributed by atoms with Gasteiger partial charge in [0.2, 0.25) is 0 Å². The van der Waals surface area contributed by atoms with E-state index in [1.807, 2.05) is 25.4 Å². The number of sulfone groups is 1. The Morgan fingerprint density at radius 3 is 2.47 bits per heavy atom. The first-order valence-electron chi connectivity index (χ1n) is 5.17. The molecule has 1 aromatic heterocycles. The highest BCUT2D eigenvalue weighted by Gasteiger charge is 2.12. The van der Waals surface area contributed by atoms with Crippen molar-refractivity contribution in [1.29, 1.82) is 0 Å². The van der Waals surface area contributed by atoms with Gasteiger partial charge in [0.1, 0.15) is 0 Å². The smallest absolute Gasteiger partial charge is 0.175 e. The van der Waals surface area contributed by atoms with Crippen LogP contribution in [0.15, 0.2) is 35.5 Å². The molecule has 4 nitrogen and oxygen atoms in total. The molecular formula is C12H14N2O2S. The molecule has 0 aliphatic carbocycles. The quantitative estimate of drug-likeness (QED) is 0.816. The highest BCUT2D eigenvalue weighted by atomic mass is 32.2. The van der Waals surface area contributed by atoms with Crippen LogP contribution in [0.25, 0.3) is 11.1 Å². The van der Waals surface area contributed by atoms with Gasteiger partial charge in [-0.2, -0.15) is 5.10 Å². The molecule has 0 unspecified atom stereocenters. The third-order valence-electron chi connectivity index (χ3n) is 2.63. The van der Waals surface area contributed by atoms with Crippen LogP contribution in [0, 0.1) is 6.92 Å². The van der Waals surface area contributed by atoms with Gasteiger partial charge in [-0.25, -0.2) is 8.42 Å². The Morgan fingerprint density at radius 2 is 1.94 bits per heavy atom. The summed E-state index contributed by atoms with van der Waals surface area (Å²) in [6.07, 6.45) is 4.80. The molecule has 0 amide bonds. The molecule has 0 spiro atoms. The maximum absolute atomic E-state index is 11.6. The maximum atomic E-state index is 11.6. The van der Waals surface area contributed by atoms with E-state index in [1.54, 1.807) is 23.9 Å². The first-order chi connectivity index (χ1) is 7.88. The van der Waals surface area contributed by atoms with Crippen molar-refractivity contribution in [3.05, 3.63) is 36.2 Å². The normalized spacial score (nSPS) is 11.7. The molecule has 0 bridgehead atoms. The molecule has 5 heteroatoms. The molecule has 90 valence electrons. The lowest BCUT2D eigenvalue weighted by Crippen LogP contribution is -2.00. The van der Waals surface area contributed by atoms with Crippen LogP contribution in [0.3, 0.4) is 0 Å². The zero-order valence-corrected chi connectivity index (χ0v) is 10.8. The molecule has 17 heavy (non-hydrogen) atoms. The minimum absolute atomic E-state index is 0.374. The van der Waals surface area contributed by atoms with Crippen molar-refractivity contribution in [2.75, 3.05) is 6.26 Å². The topological polar surface area (TPSA) is 52.0 Å². The number of hydrogen-bond acceptors (Lipinski definition) is 3. The molecular weight excluding hydrogens is 236 g/mol. The molecule has 0 saturated heterocycles. The molecule has 0 saturated carbocycles. The van der Waals surface area contributed by atoms with Gasteiger partial charge in [0, 0.05) is 25.1 Å². The second-order valence-corrected chi connectivity index (χ2v) is 6.14. The molecule has 0 aliphatic rings. The van der Waals surface area contributed by atoms with E-state index in [0.717, 1.165) is 16.7 Å². The summed E-state index contributed by atoms with van der Waals surface area (Å²) in [7, 11) is -1.36. The van der Waals surface area contributed by atoms with Crippen molar-refractivity contribution in [2.24, 2.45) is 7.05 Å². The van der Waals surface area contributed by atoms with Crippen LogP contribution < -0.4 is 0 Å². The summed E-state index contributed by atoms with van der Waals surface area (Å²) in [5.74, 6) is 0. The number of benzene rings is 1. The van der Waals surface area contributed by atoms with Crippen molar-refractivity contribution < 1.29 is 8.42 Å². The van der Waals surface area contributed by atoms with Crippen molar-refractivity contribution in [2.45, 2.75) is 11.8 Å². The minimum atomic E-state index is -3.18. The highest BCUT2D eigenvalue weighted by molar-refractivity contribution is 7.90. The summed E-state index contributed by atoms with van der Waals surface area (Å²) in [5.41, 5.74) is 2.54. The van der Waals surface area contributed by atoms with Gasteiger partial charge >= 0.3 is 0 Å². The average molecular weight is 250 g/mol. The van der Waals surface area contributed by atoms with Crippen molar-refractivity contribution in [3.63, 3.8) is 0 Å². The summed E-state index contributed by atoms with van der Waals surface area (Å²) in [6, 6.07) is 5.42. The largest absolute Gasteiger partial charge is 0.275 e.